The number of hydrogen-bond donors (Lipinski definition) is 1. The lowest BCUT2D eigenvalue weighted by Gasteiger charge is -2.22. The molecule has 1 aromatic heterocycles. The first-order valence-corrected chi connectivity index (χ1v) is 4.31. The molecule has 0 saturated heterocycles. The van der Waals surface area contributed by atoms with E-state index in [2.05, 4.69) is 16.3 Å². The second-order valence-electron chi connectivity index (χ2n) is 2.98. The van der Waals surface area contributed by atoms with Crippen LogP contribution in [0.5, 0.6) is 0 Å². The van der Waals surface area contributed by atoms with Crippen molar-refractivity contribution >= 4 is 5.91 Å². The van der Waals surface area contributed by atoms with E-state index in [-0.39, 0.29) is 5.91 Å². The van der Waals surface area contributed by atoms with Crippen LogP contribution >= 0.6 is 0 Å². The third-order valence-electron chi connectivity index (χ3n) is 2.08. The smallest absolute Gasteiger partial charge is 0.272 e. The number of nitrogens with one attached hydrogen (secondary N) is 1. The SMILES string of the molecule is O=C(c1ccn[nH]1)N1CC=CCC1. The quantitative estimate of drug-likeness (QED) is 0.645. The predicted octanol–water partition coefficient (Wildman–Crippen LogP) is 0.812. The highest BCUT2D eigenvalue weighted by Gasteiger charge is 2.16. The summed E-state index contributed by atoms with van der Waals surface area (Å²) < 4.78 is 0. The Balaban J connectivity index is 2.09. The van der Waals surface area contributed by atoms with Crippen LogP contribution in [0.1, 0.15) is 16.9 Å². The molecule has 0 unspecified atom stereocenters. The summed E-state index contributed by atoms with van der Waals surface area (Å²) in [6, 6.07) is 1.70. The van der Waals surface area contributed by atoms with Gasteiger partial charge >= 0.3 is 0 Å². The molecule has 0 spiro atoms. The number of aromatic amines is 1. The first kappa shape index (κ1) is 8.04. The van der Waals surface area contributed by atoms with Gasteiger partial charge in [0.05, 0.1) is 0 Å². The third kappa shape index (κ3) is 1.61. The van der Waals surface area contributed by atoms with Crippen LogP contribution in [0, 0.1) is 0 Å². The van der Waals surface area contributed by atoms with Gasteiger partial charge in [-0.3, -0.25) is 9.89 Å². The van der Waals surface area contributed by atoms with E-state index in [1.165, 1.54) is 0 Å². The summed E-state index contributed by atoms with van der Waals surface area (Å²) in [6.45, 7) is 1.51. The number of rotatable bonds is 1. The van der Waals surface area contributed by atoms with Crippen LogP contribution in [0.15, 0.2) is 24.4 Å². The van der Waals surface area contributed by atoms with E-state index in [1.807, 2.05) is 6.08 Å². The van der Waals surface area contributed by atoms with Gasteiger partial charge in [-0.2, -0.15) is 5.10 Å². The molecule has 13 heavy (non-hydrogen) atoms. The Morgan fingerprint density at radius 2 is 2.46 bits per heavy atom. The summed E-state index contributed by atoms with van der Waals surface area (Å²) in [4.78, 5) is 13.5. The van der Waals surface area contributed by atoms with Gasteiger partial charge in [-0.25, -0.2) is 0 Å². The van der Waals surface area contributed by atoms with Crippen molar-refractivity contribution in [3.05, 3.63) is 30.1 Å². The molecule has 0 radical (unpaired) electrons. The highest BCUT2D eigenvalue weighted by Crippen LogP contribution is 2.05. The second kappa shape index (κ2) is 3.43. The Kier molecular flexibility index (Phi) is 2.12. The zero-order valence-electron chi connectivity index (χ0n) is 7.23. The summed E-state index contributed by atoms with van der Waals surface area (Å²) in [7, 11) is 0. The number of hydrogen-bond acceptors (Lipinski definition) is 2. The van der Waals surface area contributed by atoms with Crippen LogP contribution < -0.4 is 0 Å². The van der Waals surface area contributed by atoms with Crippen molar-refractivity contribution in [2.45, 2.75) is 6.42 Å². The lowest BCUT2D eigenvalue weighted by molar-refractivity contribution is 0.0765. The lowest BCUT2D eigenvalue weighted by Crippen LogP contribution is -2.33. The van der Waals surface area contributed by atoms with Crippen molar-refractivity contribution in [3.8, 4) is 0 Å². The van der Waals surface area contributed by atoms with E-state index in [9.17, 15) is 4.79 Å². The highest BCUT2D eigenvalue weighted by atomic mass is 16.2. The second-order valence-corrected chi connectivity index (χ2v) is 2.98. The number of aromatic nitrogens is 2. The summed E-state index contributed by atoms with van der Waals surface area (Å²) in [5.41, 5.74) is 0.565. The number of carbonyl (C=O) groups is 1. The van der Waals surface area contributed by atoms with Crippen LogP contribution in [-0.4, -0.2) is 34.1 Å². The first-order chi connectivity index (χ1) is 6.38. The van der Waals surface area contributed by atoms with Gasteiger partial charge in [0.2, 0.25) is 0 Å². The van der Waals surface area contributed by atoms with Gasteiger partial charge < -0.3 is 4.90 Å². The van der Waals surface area contributed by atoms with E-state index in [0.29, 0.717) is 12.2 Å². The molecule has 0 atom stereocenters. The fraction of sp³-hybridized carbons (Fsp3) is 0.333. The van der Waals surface area contributed by atoms with Gasteiger partial charge in [-0.15, -0.1) is 0 Å². The van der Waals surface area contributed by atoms with Crippen molar-refractivity contribution in [2.75, 3.05) is 13.1 Å². The van der Waals surface area contributed by atoms with Crippen molar-refractivity contribution in [1.82, 2.24) is 15.1 Å². The largest absolute Gasteiger partial charge is 0.333 e. The normalized spacial score (nSPS) is 16.2. The molecule has 1 aromatic rings. The Morgan fingerprint density at radius 3 is 3.08 bits per heavy atom. The molecule has 0 saturated carbocycles. The van der Waals surface area contributed by atoms with Crippen LogP contribution in [0.3, 0.4) is 0 Å². The van der Waals surface area contributed by atoms with Crippen molar-refractivity contribution < 1.29 is 4.79 Å². The minimum absolute atomic E-state index is 0.0295. The number of H-pyrrole nitrogens is 1. The van der Waals surface area contributed by atoms with E-state index < -0.39 is 0 Å². The van der Waals surface area contributed by atoms with Crippen LogP contribution in [0.4, 0.5) is 0 Å². The maximum absolute atomic E-state index is 11.7. The Bertz CT molecular complexity index is 316. The number of carbonyl (C=O) groups excluding carboxylic acids is 1. The topological polar surface area (TPSA) is 49.0 Å². The molecule has 0 aliphatic carbocycles. The third-order valence-corrected chi connectivity index (χ3v) is 2.08. The van der Waals surface area contributed by atoms with Gasteiger partial charge in [0.1, 0.15) is 5.69 Å². The average Bonchev–Trinajstić information content (AvgIpc) is 2.71. The number of nitrogens with zero attached hydrogens (tertiary/aromatic N) is 2. The van der Waals surface area contributed by atoms with Gasteiger partial charge in [0.25, 0.3) is 5.91 Å². The van der Waals surface area contributed by atoms with Crippen molar-refractivity contribution in [1.29, 1.82) is 0 Å². The van der Waals surface area contributed by atoms with E-state index in [1.54, 1.807) is 17.2 Å². The molecule has 68 valence electrons. The molecule has 4 heteroatoms. The van der Waals surface area contributed by atoms with Gasteiger partial charge in [0.15, 0.2) is 0 Å². The molecule has 0 fully saturated rings. The molecule has 1 aliphatic heterocycles. The summed E-state index contributed by atoms with van der Waals surface area (Å²) >= 11 is 0. The monoisotopic (exact) mass is 177 g/mol. The maximum Gasteiger partial charge on any atom is 0.272 e. The van der Waals surface area contributed by atoms with Gasteiger partial charge in [-0.1, -0.05) is 12.2 Å². The molecule has 1 amide bonds. The average molecular weight is 177 g/mol. The summed E-state index contributed by atoms with van der Waals surface area (Å²) in [5, 5.41) is 6.42. The Morgan fingerprint density at radius 1 is 1.54 bits per heavy atom. The number of amides is 1. The minimum atomic E-state index is 0.0295. The molecular formula is C9H11N3O. The first-order valence-electron chi connectivity index (χ1n) is 4.31. The van der Waals surface area contributed by atoms with E-state index >= 15 is 0 Å². The zero-order chi connectivity index (χ0) is 9.10. The lowest BCUT2D eigenvalue weighted by atomic mass is 10.2. The molecular weight excluding hydrogens is 166 g/mol. The van der Waals surface area contributed by atoms with Crippen LogP contribution in [-0.2, 0) is 0 Å². The van der Waals surface area contributed by atoms with Crippen LogP contribution in [0.25, 0.3) is 0 Å². The molecule has 2 rings (SSSR count). The van der Waals surface area contributed by atoms with Gasteiger partial charge in [0, 0.05) is 19.3 Å². The Hall–Kier alpha value is -1.58. The minimum Gasteiger partial charge on any atom is -0.333 e. The van der Waals surface area contributed by atoms with Crippen LogP contribution in [0.2, 0.25) is 0 Å². The van der Waals surface area contributed by atoms with Crippen molar-refractivity contribution in [3.63, 3.8) is 0 Å². The van der Waals surface area contributed by atoms with Gasteiger partial charge in [-0.05, 0) is 12.5 Å². The predicted molar refractivity (Wildman–Crippen MR) is 48.2 cm³/mol. The zero-order valence-corrected chi connectivity index (χ0v) is 7.23. The summed E-state index contributed by atoms with van der Waals surface area (Å²) in [5.74, 6) is 0.0295. The molecule has 1 N–H and O–H groups in total. The molecule has 2 heterocycles. The standard InChI is InChI=1S/C9H11N3O/c13-9(8-4-5-10-11-8)12-6-2-1-3-7-12/h1-2,4-5H,3,6-7H2,(H,10,11). The fourth-order valence-corrected chi connectivity index (χ4v) is 1.37. The van der Waals surface area contributed by atoms with Crippen molar-refractivity contribution in [2.24, 2.45) is 0 Å². The highest BCUT2D eigenvalue weighted by molar-refractivity contribution is 5.92. The van der Waals surface area contributed by atoms with E-state index in [4.69, 9.17) is 0 Å². The molecule has 4 nitrogen and oxygen atoms in total. The molecule has 0 bridgehead atoms. The maximum atomic E-state index is 11.7. The molecule has 0 aromatic carbocycles. The summed E-state index contributed by atoms with van der Waals surface area (Å²) in [6.07, 6.45) is 6.64. The Labute approximate surface area is 76.2 Å². The fourth-order valence-electron chi connectivity index (χ4n) is 1.37. The molecule has 1 aliphatic rings. The van der Waals surface area contributed by atoms with E-state index in [0.717, 1.165) is 13.0 Å².